The average molecular weight is 277 g/mol. The monoisotopic (exact) mass is 277 g/mol. The highest BCUT2D eigenvalue weighted by atomic mass is 16.4. The van der Waals surface area contributed by atoms with Gasteiger partial charge in [-0.1, -0.05) is 0 Å². The van der Waals surface area contributed by atoms with E-state index in [1.165, 1.54) is 0 Å². The van der Waals surface area contributed by atoms with Gasteiger partial charge in [0.25, 0.3) is 5.91 Å². The lowest BCUT2D eigenvalue weighted by atomic mass is 10.2. The standard InChI is InChI=1S/C14H19N3O3/c1-16(2)12-9-10(5-7-15-12)14(20)17(11-3-4-11)8-6-13(18)19/h5,7,9,11H,3-4,6,8H2,1-2H3,(H,18,19). The van der Waals surface area contributed by atoms with Gasteiger partial charge in [0.1, 0.15) is 5.82 Å². The molecule has 0 bridgehead atoms. The van der Waals surface area contributed by atoms with Crippen LogP contribution < -0.4 is 4.90 Å². The van der Waals surface area contributed by atoms with Gasteiger partial charge in [0.05, 0.1) is 6.42 Å². The summed E-state index contributed by atoms with van der Waals surface area (Å²) in [5.41, 5.74) is 0.556. The summed E-state index contributed by atoms with van der Waals surface area (Å²) in [7, 11) is 3.72. The van der Waals surface area contributed by atoms with Crippen molar-refractivity contribution in [2.75, 3.05) is 25.5 Å². The van der Waals surface area contributed by atoms with Gasteiger partial charge in [-0.05, 0) is 25.0 Å². The smallest absolute Gasteiger partial charge is 0.305 e. The van der Waals surface area contributed by atoms with Crippen LogP contribution in [0.3, 0.4) is 0 Å². The number of anilines is 1. The van der Waals surface area contributed by atoms with E-state index in [-0.39, 0.29) is 24.9 Å². The fraction of sp³-hybridized carbons (Fsp3) is 0.500. The molecule has 0 radical (unpaired) electrons. The Kier molecular flexibility index (Phi) is 4.22. The van der Waals surface area contributed by atoms with Crippen molar-refractivity contribution in [3.05, 3.63) is 23.9 Å². The van der Waals surface area contributed by atoms with Gasteiger partial charge in [0.2, 0.25) is 0 Å². The lowest BCUT2D eigenvalue weighted by Crippen LogP contribution is -2.35. The third kappa shape index (κ3) is 3.46. The Hall–Kier alpha value is -2.11. The maximum absolute atomic E-state index is 12.5. The number of rotatable bonds is 6. The van der Waals surface area contributed by atoms with Gasteiger partial charge in [-0.3, -0.25) is 9.59 Å². The summed E-state index contributed by atoms with van der Waals surface area (Å²) in [6.45, 7) is 0.262. The van der Waals surface area contributed by atoms with E-state index in [0.29, 0.717) is 11.4 Å². The number of pyridine rings is 1. The maximum atomic E-state index is 12.5. The predicted octanol–water partition coefficient (Wildman–Crippen LogP) is 1.23. The molecule has 1 N–H and O–H groups in total. The van der Waals surface area contributed by atoms with Crippen LogP contribution in [0.15, 0.2) is 18.3 Å². The van der Waals surface area contributed by atoms with Crippen LogP contribution in [0.4, 0.5) is 5.82 Å². The van der Waals surface area contributed by atoms with Crippen molar-refractivity contribution in [3.63, 3.8) is 0 Å². The van der Waals surface area contributed by atoms with E-state index in [1.807, 2.05) is 19.0 Å². The zero-order valence-electron chi connectivity index (χ0n) is 11.7. The lowest BCUT2D eigenvalue weighted by Gasteiger charge is -2.22. The van der Waals surface area contributed by atoms with Crippen LogP contribution in [0, 0.1) is 0 Å². The summed E-state index contributed by atoms with van der Waals surface area (Å²) >= 11 is 0. The number of carbonyl (C=O) groups excluding carboxylic acids is 1. The van der Waals surface area contributed by atoms with Gasteiger partial charge in [0, 0.05) is 38.4 Å². The molecule has 1 aliphatic carbocycles. The van der Waals surface area contributed by atoms with Crippen molar-refractivity contribution >= 4 is 17.7 Å². The molecule has 108 valence electrons. The van der Waals surface area contributed by atoms with Gasteiger partial charge in [-0.25, -0.2) is 4.98 Å². The first-order valence-corrected chi connectivity index (χ1v) is 6.65. The molecule has 20 heavy (non-hydrogen) atoms. The number of hydrogen-bond donors (Lipinski definition) is 1. The molecule has 1 aromatic heterocycles. The molecule has 0 aliphatic heterocycles. The van der Waals surface area contributed by atoms with Crippen molar-refractivity contribution in [2.24, 2.45) is 0 Å². The number of aromatic nitrogens is 1. The minimum absolute atomic E-state index is 0.0200. The summed E-state index contributed by atoms with van der Waals surface area (Å²) < 4.78 is 0. The number of amides is 1. The summed E-state index contributed by atoms with van der Waals surface area (Å²) in [5, 5.41) is 8.78. The Morgan fingerprint density at radius 1 is 1.40 bits per heavy atom. The second-order valence-corrected chi connectivity index (χ2v) is 5.17. The van der Waals surface area contributed by atoms with E-state index in [0.717, 1.165) is 12.8 Å². The van der Waals surface area contributed by atoms with E-state index >= 15 is 0 Å². The molecule has 1 heterocycles. The van der Waals surface area contributed by atoms with Crippen LogP contribution in [0.1, 0.15) is 29.6 Å². The molecule has 0 atom stereocenters. The van der Waals surface area contributed by atoms with Crippen molar-refractivity contribution in [3.8, 4) is 0 Å². The Labute approximate surface area is 118 Å². The number of aliphatic carboxylic acids is 1. The second-order valence-electron chi connectivity index (χ2n) is 5.17. The normalized spacial score (nSPS) is 13.9. The summed E-state index contributed by atoms with van der Waals surface area (Å²) in [6, 6.07) is 3.60. The topological polar surface area (TPSA) is 73.7 Å². The first-order chi connectivity index (χ1) is 9.49. The highest BCUT2D eigenvalue weighted by Gasteiger charge is 2.33. The highest BCUT2D eigenvalue weighted by molar-refractivity contribution is 5.95. The number of carboxylic acids is 1. The molecule has 0 aromatic carbocycles. The lowest BCUT2D eigenvalue weighted by molar-refractivity contribution is -0.137. The number of hydrogen-bond acceptors (Lipinski definition) is 4. The fourth-order valence-corrected chi connectivity index (χ4v) is 2.01. The van der Waals surface area contributed by atoms with Gasteiger partial charge in [-0.15, -0.1) is 0 Å². The molecule has 1 amide bonds. The van der Waals surface area contributed by atoms with Crippen molar-refractivity contribution in [1.82, 2.24) is 9.88 Å². The second kappa shape index (κ2) is 5.90. The first kappa shape index (κ1) is 14.3. The van der Waals surface area contributed by atoms with Crippen molar-refractivity contribution in [1.29, 1.82) is 0 Å². The molecular weight excluding hydrogens is 258 g/mol. The van der Waals surface area contributed by atoms with Crippen molar-refractivity contribution in [2.45, 2.75) is 25.3 Å². The van der Waals surface area contributed by atoms with Gasteiger partial charge < -0.3 is 14.9 Å². The maximum Gasteiger partial charge on any atom is 0.305 e. The molecule has 1 saturated carbocycles. The molecule has 1 aromatic rings. The van der Waals surface area contributed by atoms with Gasteiger partial charge in [-0.2, -0.15) is 0 Å². The zero-order valence-corrected chi connectivity index (χ0v) is 11.7. The van der Waals surface area contributed by atoms with Gasteiger partial charge in [0.15, 0.2) is 0 Å². The van der Waals surface area contributed by atoms with Crippen LogP contribution >= 0.6 is 0 Å². The molecule has 6 nitrogen and oxygen atoms in total. The quantitative estimate of drug-likeness (QED) is 0.846. The van der Waals surface area contributed by atoms with E-state index in [9.17, 15) is 9.59 Å². The van der Waals surface area contributed by atoms with Crippen LogP contribution in [0.2, 0.25) is 0 Å². The van der Waals surface area contributed by atoms with E-state index in [4.69, 9.17) is 5.11 Å². The van der Waals surface area contributed by atoms with Crippen LogP contribution in [-0.2, 0) is 4.79 Å². The summed E-state index contributed by atoms with van der Waals surface area (Å²) in [6.07, 6.45) is 3.49. The SMILES string of the molecule is CN(C)c1cc(C(=O)N(CCC(=O)O)C2CC2)ccn1. The Morgan fingerprint density at radius 2 is 2.10 bits per heavy atom. The average Bonchev–Trinajstić information content (AvgIpc) is 3.23. The molecule has 0 unspecified atom stereocenters. The third-order valence-corrected chi connectivity index (χ3v) is 3.27. The zero-order chi connectivity index (χ0) is 14.7. The Bertz CT molecular complexity index is 512. The van der Waals surface area contributed by atoms with E-state index in [1.54, 1.807) is 23.2 Å². The molecular formula is C14H19N3O3. The van der Waals surface area contributed by atoms with Crippen LogP contribution in [-0.4, -0.2) is 53.5 Å². The minimum Gasteiger partial charge on any atom is -0.481 e. The fourth-order valence-electron chi connectivity index (χ4n) is 2.01. The van der Waals surface area contributed by atoms with Crippen molar-refractivity contribution < 1.29 is 14.7 Å². The number of nitrogens with zero attached hydrogens (tertiary/aromatic N) is 3. The molecule has 0 spiro atoms. The van der Waals surface area contributed by atoms with Gasteiger partial charge >= 0.3 is 5.97 Å². The minimum atomic E-state index is -0.882. The third-order valence-electron chi connectivity index (χ3n) is 3.27. The van der Waals surface area contributed by atoms with E-state index < -0.39 is 5.97 Å². The predicted molar refractivity (Wildman–Crippen MR) is 74.9 cm³/mol. The highest BCUT2D eigenvalue weighted by Crippen LogP contribution is 2.28. The molecule has 6 heteroatoms. The largest absolute Gasteiger partial charge is 0.481 e. The molecule has 1 aliphatic rings. The van der Waals surface area contributed by atoms with Crippen LogP contribution in [0.5, 0.6) is 0 Å². The summed E-state index contributed by atoms with van der Waals surface area (Å²) in [5.74, 6) is -0.281. The Morgan fingerprint density at radius 3 is 2.65 bits per heavy atom. The first-order valence-electron chi connectivity index (χ1n) is 6.65. The molecule has 0 saturated heterocycles. The molecule has 1 fully saturated rings. The van der Waals surface area contributed by atoms with Crippen LogP contribution in [0.25, 0.3) is 0 Å². The number of carbonyl (C=O) groups is 2. The number of carboxylic acid groups (broad SMARTS) is 1. The molecule has 2 rings (SSSR count). The summed E-state index contributed by atoms with van der Waals surface area (Å²) in [4.78, 5) is 30.9. The van der Waals surface area contributed by atoms with E-state index in [2.05, 4.69) is 4.98 Å². The Balaban J connectivity index is 2.14.